The summed E-state index contributed by atoms with van der Waals surface area (Å²) in [6, 6.07) is 14.7. The molecule has 0 radical (unpaired) electrons. The average molecular weight is 315 g/mol. The zero-order chi connectivity index (χ0) is 15.4. The van der Waals surface area contributed by atoms with Crippen LogP contribution in [0.5, 0.6) is 0 Å². The van der Waals surface area contributed by atoms with E-state index in [-0.39, 0.29) is 11.7 Å². The van der Waals surface area contributed by atoms with Crippen molar-refractivity contribution in [2.24, 2.45) is 0 Å². The summed E-state index contributed by atoms with van der Waals surface area (Å²) in [6.07, 6.45) is 1.46. The van der Waals surface area contributed by atoms with E-state index in [2.05, 4.69) is 18.2 Å². The third-order valence-electron chi connectivity index (χ3n) is 3.88. The van der Waals surface area contributed by atoms with Gasteiger partial charge in [-0.15, -0.1) is 11.8 Å². The van der Waals surface area contributed by atoms with Crippen molar-refractivity contribution < 1.29 is 9.18 Å². The Balaban J connectivity index is 1.50. The second-order valence-electron chi connectivity index (χ2n) is 5.39. The number of fused-ring (bicyclic) bond motifs is 1. The van der Waals surface area contributed by atoms with Crippen molar-refractivity contribution in [1.29, 1.82) is 0 Å². The quantitative estimate of drug-likeness (QED) is 0.798. The molecule has 0 aromatic heterocycles. The first kappa shape index (κ1) is 15.1. The van der Waals surface area contributed by atoms with Crippen LogP contribution in [0.1, 0.15) is 17.5 Å². The molecule has 0 atom stereocenters. The molecule has 4 heteroatoms. The van der Waals surface area contributed by atoms with Gasteiger partial charge in [0, 0.05) is 30.2 Å². The van der Waals surface area contributed by atoms with Crippen molar-refractivity contribution >= 4 is 17.7 Å². The highest BCUT2D eigenvalue weighted by Crippen LogP contribution is 2.22. The molecule has 0 saturated carbocycles. The topological polar surface area (TPSA) is 20.3 Å². The van der Waals surface area contributed by atoms with Gasteiger partial charge in [-0.1, -0.05) is 24.3 Å². The lowest BCUT2D eigenvalue weighted by atomic mass is 10.00. The summed E-state index contributed by atoms with van der Waals surface area (Å²) in [5, 5.41) is 0. The van der Waals surface area contributed by atoms with Gasteiger partial charge in [0.25, 0.3) is 0 Å². The Bertz CT molecular complexity index is 656. The van der Waals surface area contributed by atoms with E-state index in [4.69, 9.17) is 0 Å². The number of amides is 1. The van der Waals surface area contributed by atoms with Crippen molar-refractivity contribution in [3.05, 3.63) is 65.5 Å². The first-order valence-corrected chi connectivity index (χ1v) is 8.44. The largest absolute Gasteiger partial charge is 0.338 e. The van der Waals surface area contributed by atoms with Crippen LogP contribution in [0.4, 0.5) is 4.39 Å². The van der Waals surface area contributed by atoms with Crippen molar-refractivity contribution in [3.8, 4) is 0 Å². The fourth-order valence-corrected chi connectivity index (χ4v) is 3.49. The van der Waals surface area contributed by atoms with Gasteiger partial charge in [-0.2, -0.15) is 0 Å². The summed E-state index contributed by atoms with van der Waals surface area (Å²) in [4.78, 5) is 15.2. The summed E-state index contributed by atoms with van der Waals surface area (Å²) in [6.45, 7) is 1.52. The maximum atomic E-state index is 12.8. The van der Waals surface area contributed by atoms with Crippen LogP contribution >= 0.6 is 11.8 Å². The number of hydrogen-bond acceptors (Lipinski definition) is 2. The van der Waals surface area contributed by atoms with Crippen LogP contribution < -0.4 is 0 Å². The molecular formula is C18H18FNOS. The monoisotopic (exact) mass is 315 g/mol. The zero-order valence-electron chi connectivity index (χ0n) is 12.3. The highest BCUT2D eigenvalue weighted by Gasteiger charge is 2.19. The van der Waals surface area contributed by atoms with Crippen molar-refractivity contribution in [3.63, 3.8) is 0 Å². The second-order valence-corrected chi connectivity index (χ2v) is 6.55. The van der Waals surface area contributed by atoms with Gasteiger partial charge in [-0.3, -0.25) is 4.79 Å². The standard InChI is InChI=1S/C18H18FNOS/c19-16-5-7-17(8-6-16)22-12-10-18(21)20-11-9-14-3-1-2-4-15(14)13-20/h1-8H,9-13H2. The maximum absolute atomic E-state index is 12.8. The number of rotatable bonds is 4. The van der Waals surface area contributed by atoms with E-state index in [0.29, 0.717) is 6.42 Å². The van der Waals surface area contributed by atoms with Crippen LogP contribution in [0.2, 0.25) is 0 Å². The van der Waals surface area contributed by atoms with E-state index in [1.165, 1.54) is 23.3 Å². The zero-order valence-corrected chi connectivity index (χ0v) is 13.1. The van der Waals surface area contributed by atoms with Gasteiger partial charge in [0.05, 0.1) is 0 Å². The minimum absolute atomic E-state index is 0.198. The minimum atomic E-state index is -0.229. The molecular weight excluding hydrogens is 297 g/mol. The summed E-state index contributed by atoms with van der Waals surface area (Å²) >= 11 is 1.59. The van der Waals surface area contributed by atoms with Crippen LogP contribution in [0.15, 0.2) is 53.4 Å². The SMILES string of the molecule is O=C(CCSc1ccc(F)cc1)N1CCc2ccccc2C1. The van der Waals surface area contributed by atoms with Crippen molar-refractivity contribution in [1.82, 2.24) is 4.90 Å². The van der Waals surface area contributed by atoms with Gasteiger partial charge in [0.15, 0.2) is 0 Å². The summed E-state index contributed by atoms with van der Waals surface area (Å²) in [5.41, 5.74) is 2.61. The predicted molar refractivity (Wildman–Crippen MR) is 87.3 cm³/mol. The normalized spacial score (nSPS) is 13.8. The van der Waals surface area contributed by atoms with E-state index < -0.39 is 0 Å². The molecule has 0 unspecified atom stereocenters. The summed E-state index contributed by atoms with van der Waals surface area (Å²) in [7, 11) is 0. The Morgan fingerprint density at radius 1 is 1.09 bits per heavy atom. The molecule has 0 N–H and O–H groups in total. The smallest absolute Gasteiger partial charge is 0.223 e. The molecule has 22 heavy (non-hydrogen) atoms. The van der Waals surface area contributed by atoms with Crippen LogP contribution in [-0.2, 0) is 17.8 Å². The molecule has 0 aliphatic carbocycles. The van der Waals surface area contributed by atoms with Gasteiger partial charge < -0.3 is 4.90 Å². The number of thioether (sulfide) groups is 1. The molecule has 3 rings (SSSR count). The highest BCUT2D eigenvalue weighted by molar-refractivity contribution is 7.99. The molecule has 1 amide bonds. The van der Waals surface area contributed by atoms with E-state index in [1.54, 1.807) is 23.9 Å². The molecule has 0 fully saturated rings. The third-order valence-corrected chi connectivity index (χ3v) is 4.90. The molecule has 1 heterocycles. The maximum Gasteiger partial charge on any atom is 0.223 e. The minimum Gasteiger partial charge on any atom is -0.338 e. The Kier molecular flexibility index (Phi) is 4.78. The Hall–Kier alpha value is -1.81. The van der Waals surface area contributed by atoms with Gasteiger partial charge in [0.1, 0.15) is 5.82 Å². The first-order valence-electron chi connectivity index (χ1n) is 7.45. The molecule has 1 aliphatic rings. The lowest BCUT2D eigenvalue weighted by molar-refractivity contribution is -0.131. The molecule has 0 spiro atoms. The highest BCUT2D eigenvalue weighted by atomic mass is 32.2. The first-order chi connectivity index (χ1) is 10.7. The number of halogens is 1. The van der Waals surface area contributed by atoms with Crippen molar-refractivity contribution in [2.75, 3.05) is 12.3 Å². The van der Waals surface area contributed by atoms with E-state index in [9.17, 15) is 9.18 Å². The predicted octanol–water partition coefficient (Wildman–Crippen LogP) is 3.89. The molecule has 0 saturated heterocycles. The number of nitrogens with zero attached hydrogens (tertiary/aromatic N) is 1. The van der Waals surface area contributed by atoms with Gasteiger partial charge >= 0.3 is 0 Å². The second kappa shape index (κ2) is 6.97. The molecule has 2 aromatic carbocycles. The third kappa shape index (κ3) is 3.69. The molecule has 2 aromatic rings. The van der Waals surface area contributed by atoms with Crippen LogP contribution in [0, 0.1) is 5.82 Å². The average Bonchev–Trinajstić information content (AvgIpc) is 2.56. The van der Waals surface area contributed by atoms with Crippen LogP contribution in [0.25, 0.3) is 0 Å². The van der Waals surface area contributed by atoms with Gasteiger partial charge in [-0.05, 0) is 41.8 Å². The summed E-state index contributed by atoms with van der Waals surface area (Å²) < 4.78 is 12.8. The lowest BCUT2D eigenvalue weighted by Gasteiger charge is -2.28. The molecule has 1 aliphatic heterocycles. The van der Waals surface area contributed by atoms with E-state index in [1.807, 2.05) is 11.0 Å². The van der Waals surface area contributed by atoms with Gasteiger partial charge in [-0.25, -0.2) is 4.39 Å². The fraction of sp³-hybridized carbons (Fsp3) is 0.278. The Morgan fingerprint density at radius 3 is 2.59 bits per heavy atom. The molecule has 0 bridgehead atoms. The fourth-order valence-electron chi connectivity index (χ4n) is 2.65. The number of carbonyl (C=O) groups excluding carboxylic acids is 1. The van der Waals surface area contributed by atoms with Crippen molar-refractivity contribution in [2.45, 2.75) is 24.3 Å². The summed E-state index contributed by atoms with van der Waals surface area (Å²) in [5.74, 6) is 0.694. The van der Waals surface area contributed by atoms with Crippen LogP contribution in [-0.4, -0.2) is 23.1 Å². The molecule has 114 valence electrons. The Morgan fingerprint density at radius 2 is 1.82 bits per heavy atom. The van der Waals surface area contributed by atoms with Crippen LogP contribution in [0.3, 0.4) is 0 Å². The number of hydrogen-bond donors (Lipinski definition) is 0. The van der Waals surface area contributed by atoms with E-state index >= 15 is 0 Å². The lowest BCUT2D eigenvalue weighted by Crippen LogP contribution is -2.36. The van der Waals surface area contributed by atoms with Gasteiger partial charge in [0.2, 0.25) is 5.91 Å². The number of carbonyl (C=O) groups is 1. The molecule has 2 nitrogen and oxygen atoms in total. The van der Waals surface area contributed by atoms with E-state index in [0.717, 1.165) is 30.2 Å². The number of benzene rings is 2. The Labute approximate surface area is 134 Å².